The van der Waals surface area contributed by atoms with E-state index in [4.69, 9.17) is 0 Å². The van der Waals surface area contributed by atoms with E-state index in [1.807, 2.05) is 23.1 Å². The first kappa shape index (κ1) is 14.7. The number of rotatable bonds is 6. The van der Waals surface area contributed by atoms with Crippen LogP contribution >= 0.6 is 0 Å². The molecule has 108 valence electrons. The van der Waals surface area contributed by atoms with Crippen LogP contribution in [-0.4, -0.2) is 25.8 Å². The minimum atomic E-state index is 0.448. The van der Waals surface area contributed by atoms with Gasteiger partial charge in [0.1, 0.15) is 5.82 Å². The van der Waals surface area contributed by atoms with E-state index in [0.717, 1.165) is 36.7 Å². The van der Waals surface area contributed by atoms with Gasteiger partial charge >= 0.3 is 0 Å². The molecule has 0 atom stereocenters. The zero-order chi connectivity index (χ0) is 14.5. The Labute approximate surface area is 120 Å². The van der Waals surface area contributed by atoms with E-state index in [1.165, 1.54) is 5.56 Å². The predicted octanol–water partition coefficient (Wildman–Crippen LogP) is 2.29. The summed E-state index contributed by atoms with van der Waals surface area (Å²) in [6.45, 7) is 9.26. The summed E-state index contributed by atoms with van der Waals surface area (Å²) in [6.07, 6.45) is 5.40. The summed E-state index contributed by atoms with van der Waals surface area (Å²) in [5.74, 6) is 1.87. The van der Waals surface area contributed by atoms with E-state index >= 15 is 0 Å². The summed E-state index contributed by atoms with van der Waals surface area (Å²) < 4.78 is 1.93. The van der Waals surface area contributed by atoms with Gasteiger partial charge in [-0.25, -0.2) is 9.67 Å². The summed E-state index contributed by atoms with van der Waals surface area (Å²) in [5, 5.41) is 8.04. The highest BCUT2D eigenvalue weighted by molar-refractivity contribution is 5.38. The molecule has 2 rings (SSSR count). The van der Waals surface area contributed by atoms with E-state index in [2.05, 4.69) is 48.1 Å². The van der Waals surface area contributed by atoms with Crippen LogP contribution in [0.15, 0.2) is 18.5 Å². The molecule has 5 heteroatoms. The van der Waals surface area contributed by atoms with Crippen molar-refractivity contribution in [2.75, 3.05) is 0 Å². The van der Waals surface area contributed by atoms with Gasteiger partial charge < -0.3 is 5.32 Å². The predicted molar refractivity (Wildman–Crippen MR) is 79.9 cm³/mol. The molecule has 0 saturated heterocycles. The molecule has 2 aromatic rings. The second-order valence-corrected chi connectivity index (χ2v) is 5.10. The fourth-order valence-corrected chi connectivity index (χ4v) is 2.03. The third-order valence-corrected chi connectivity index (χ3v) is 3.17. The lowest BCUT2D eigenvalue weighted by Gasteiger charge is -2.13. The molecule has 0 amide bonds. The molecular weight excluding hydrogens is 250 g/mol. The SMILES string of the molecule is CCc1nc(CC)n(-c2cnccc2CNC(C)C)n1. The maximum atomic E-state index is 4.60. The number of nitrogens with one attached hydrogen (secondary N) is 1. The molecule has 0 aliphatic heterocycles. The van der Waals surface area contributed by atoms with E-state index < -0.39 is 0 Å². The van der Waals surface area contributed by atoms with Crippen molar-refractivity contribution in [2.45, 2.75) is 53.1 Å². The number of hydrogen-bond donors (Lipinski definition) is 1. The fourth-order valence-electron chi connectivity index (χ4n) is 2.03. The highest BCUT2D eigenvalue weighted by Gasteiger charge is 2.12. The molecule has 0 spiro atoms. The molecule has 20 heavy (non-hydrogen) atoms. The Morgan fingerprint density at radius 2 is 2.05 bits per heavy atom. The zero-order valence-electron chi connectivity index (χ0n) is 12.7. The molecule has 0 aliphatic rings. The van der Waals surface area contributed by atoms with Gasteiger partial charge in [0.15, 0.2) is 5.82 Å². The Hall–Kier alpha value is -1.75. The summed E-state index contributed by atoms with van der Waals surface area (Å²) in [6, 6.07) is 2.49. The van der Waals surface area contributed by atoms with Crippen LogP contribution in [0.1, 0.15) is 44.9 Å². The lowest BCUT2D eigenvalue weighted by atomic mass is 10.2. The topological polar surface area (TPSA) is 55.6 Å². The van der Waals surface area contributed by atoms with E-state index in [-0.39, 0.29) is 0 Å². The molecule has 0 aliphatic carbocycles. The monoisotopic (exact) mass is 273 g/mol. The van der Waals surface area contributed by atoms with Crippen molar-refractivity contribution in [1.82, 2.24) is 25.1 Å². The number of hydrogen-bond acceptors (Lipinski definition) is 4. The van der Waals surface area contributed by atoms with Crippen molar-refractivity contribution in [2.24, 2.45) is 0 Å². The summed E-state index contributed by atoms with van der Waals surface area (Å²) in [7, 11) is 0. The molecule has 0 radical (unpaired) electrons. The van der Waals surface area contributed by atoms with Gasteiger partial charge in [-0.2, -0.15) is 5.10 Å². The van der Waals surface area contributed by atoms with Crippen molar-refractivity contribution in [1.29, 1.82) is 0 Å². The molecule has 0 fully saturated rings. The standard InChI is InChI=1S/C15H23N5/c1-5-14-18-15(6-2)20(19-14)13-10-16-8-7-12(13)9-17-11(3)4/h7-8,10-11,17H,5-6,9H2,1-4H3. The van der Waals surface area contributed by atoms with Crippen LogP contribution in [0.5, 0.6) is 0 Å². The van der Waals surface area contributed by atoms with Crippen LogP contribution in [0.2, 0.25) is 0 Å². The molecular formula is C15H23N5. The smallest absolute Gasteiger partial charge is 0.151 e. The second kappa shape index (κ2) is 6.61. The average molecular weight is 273 g/mol. The van der Waals surface area contributed by atoms with Gasteiger partial charge in [0.25, 0.3) is 0 Å². The van der Waals surface area contributed by atoms with Crippen molar-refractivity contribution in [3.05, 3.63) is 35.7 Å². The number of pyridine rings is 1. The molecule has 0 unspecified atom stereocenters. The molecule has 0 saturated carbocycles. The van der Waals surface area contributed by atoms with E-state index in [1.54, 1.807) is 0 Å². The van der Waals surface area contributed by atoms with Gasteiger partial charge in [-0.15, -0.1) is 0 Å². The molecule has 0 aromatic carbocycles. The molecule has 2 aromatic heterocycles. The first-order chi connectivity index (χ1) is 9.65. The Morgan fingerprint density at radius 3 is 2.70 bits per heavy atom. The molecule has 2 heterocycles. The van der Waals surface area contributed by atoms with Crippen LogP contribution in [0, 0.1) is 0 Å². The van der Waals surface area contributed by atoms with Gasteiger partial charge in [0.2, 0.25) is 0 Å². The van der Waals surface area contributed by atoms with Gasteiger partial charge in [-0.05, 0) is 11.6 Å². The quantitative estimate of drug-likeness (QED) is 0.877. The van der Waals surface area contributed by atoms with Crippen molar-refractivity contribution >= 4 is 0 Å². The molecule has 5 nitrogen and oxygen atoms in total. The van der Waals surface area contributed by atoms with Crippen LogP contribution in [-0.2, 0) is 19.4 Å². The Kier molecular flexibility index (Phi) is 4.84. The van der Waals surface area contributed by atoms with E-state index in [9.17, 15) is 0 Å². The Bertz CT molecular complexity index is 559. The zero-order valence-corrected chi connectivity index (χ0v) is 12.7. The minimum absolute atomic E-state index is 0.448. The van der Waals surface area contributed by atoms with E-state index in [0.29, 0.717) is 6.04 Å². The lowest BCUT2D eigenvalue weighted by molar-refractivity contribution is 0.585. The Morgan fingerprint density at radius 1 is 1.25 bits per heavy atom. The van der Waals surface area contributed by atoms with Gasteiger partial charge in [0.05, 0.1) is 11.9 Å². The van der Waals surface area contributed by atoms with Crippen molar-refractivity contribution < 1.29 is 0 Å². The first-order valence-corrected chi connectivity index (χ1v) is 7.27. The van der Waals surface area contributed by atoms with Gasteiger partial charge in [-0.3, -0.25) is 4.98 Å². The Balaban J connectivity index is 2.38. The lowest BCUT2D eigenvalue weighted by Crippen LogP contribution is -2.23. The largest absolute Gasteiger partial charge is 0.310 e. The maximum Gasteiger partial charge on any atom is 0.151 e. The van der Waals surface area contributed by atoms with Crippen molar-refractivity contribution in [3.63, 3.8) is 0 Å². The highest BCUT2D eigenvalue weighted by atomic mass is 15.4. The second-order valence-electron chi connectivity index (χ2n) is 5.10. The number of aromatic nitrogens is 4. The maximum absolute atomic E-state index is 4.60. The summed E-state index contributed by atoms with van der Waals surface area (Å²) in [5.41, 5.74) is 2.21. The van der Waals surface area contributed by atoms with Gasteiger partial charge in [-0.1, -0.05) is 27.7 Å². The van der Waals surface area contributed by atoms with Crippen molar-refractivity contribution in [3.8, 4) is 5.69 Å². The van der Waals surface area contributed by atoms with Gasteiger partial charge in [0, 0.05) is 31.6 Å². The number of nitrogens with zero attached hydrogens (tertiary/aromatic N) is 4. The molecule has 0 bridgehead atoms. The normalized spacial score (nSPS) is 11.2. The minimum Gasteiger partial charge on any atom is -0.310 e. The third-order valence-electron chi connectivity index (χ3n) is 3.17. The van der Waals surface area contributed by atoms with Crippen LogP contribution in [0.4, 0.5) is 0 Å². The molecule has 1 N–H and O–H groups in total. The van der Waals surface area contributed by atoms with Crippen LogP contribution < -0.4 is 5.32 Å². The summed E-state index contributed by atoms with van der Waals surface area (Å²) >= 11 is 0. The average Bonchev–Trinajstić information content (AvgIpc) is 2.88. The number of aryl methyl sites for hydroxylation is 2. The fraction of sp³-hybridized carbons (Fsp3) is 0.533. The van der Waals surface area contributed by atoms with Crippen LogP contribution in [0.25, 0.3) is 5.69 Å². The first-order valence-electron chi connectivity index (χ1n) is 7.27. The third kappa shape index (κ3) is 3.22. The highest BCUT2D eigenvalue weighted by Crippen LogP contribution is 2.15. The van der Waals surface area contributed by atoms with Crippen LogP contribution in [0.3, 0.4) is 0 Å². The summed E-state index contributed by atoms with van der Waals surface area (Å²) in [4.78, 5) is 8.81.